The summed E-state index contributed by atoms with van der Waals surface area (Å²) in [6.07, 6.45) is 9.72. The third kappa shape index (κ3) is 4.09. The molecule has 2 aliphatic heterocycles. The molecule has 0 saturated carbocycles. The average Bonchev–Trinajstić information content (AvgIpc) is 3.34. The number of nitrogens with zero attached hydrogens (tertiary/aromatic N) is 4. The summed E-state index contributed by atoms with van der Waals surface area (Å²) in [6.45, 7) is 3.22. The standard InChI is InChI=1S/C27H26FN5O2/c28-19-5-3-17(12-19)22-14-31-23-6-4-18(20-2-1-8-29-25(20)15-32-34)13-21(23)27(22)33-10-7-24-26(16-33)35-11-9-30-24/h1-2,4-6,8,12-15,24,26,30,34H,3,7,9-11,16H2/b32-15+/t24-,26-/m1/s1. The first-order valence-corrected chi connectivity index (χ1v) is 11.9. The van der Waals surface area contributed by atoms with Crippen LogP contribution < -0.4 is 10.2 Å². The van der Waals surface area contributed by atoms with Crippen LogP contribution in [0.1, 0.15) is 24.1 Å². The van der Waals surface area contributed by atoms with E-state index in [-0.39, 0.29) is 11.9 Å². The number of pyridine rings is 2. The van der Waals surface area contributed by atoms with Crippen LogP contribution in [0.25, 0.3) is 27.6 Å². The Labute approximate surface area is 202 Å². The minimum absolute atomic E-state index is 0.106. The molecule has 8 heteroatoms. The van der Waals surface area contributed by atoms with Gasteiger partial charge in [0, 0.05) is 54.6 Å². The highest BCUT2D eigenvalue weighted by Gasteiger charge is 2.34. The van der Waals surface area contributed by atoms with Crippen LogP contribution in [0.5, 0.6) is 0 Å². The van der Waals surface area contributed by atoms with Gasteiger partial charge < -0.3 is 20.2 Å². The summed E-state index contributed by atoms with van der Waals surface area (Å²) in [6, 6.07) is 10.3. The second kappa shape index (κ2) is 9.20. The summed E-state index contributed by atoms with van der Waals surface area (Å²) in [5, 5.41) is 16.9. The Morgan fingerprint density at radius 2 is 2.17 bits per heavy atom. The molecule has 2 aromatic heterocycles. The predicted octanol–water partition coefficient (Wildman–Crippen LogP) is 4.31. The molecule has 1 aromatic carbocycles. The van der Waals surface area contributed by atoms with Gasteiger partial charge in [-0.15, -0.1) is 0 Å². The monoisotopic (exact) mass is 471 g/mol. The van der Waals surface area contributed by atoms with Crippen molar-refractivity contribution < 1.29 is 14.3 Å². The number of halogens is 1. The van der Waals surface area contributed by atoms with Gasteiger partial charge in [-0.3, -0.25) is 9.97 Å². The summed E-state index contributed by atoms with van der Waals surface area (Å²) < 4.78 is 20.2. The van der Waals surface area contributed by atoms with Crippen molar-refractivity contribution in [3.05, 3.63) is 72.0 Å². The molecule has 4 heterocycles. The minimum Gasteiger partial charge on any atom is -0.411 e. The van der Waals surface area contributed by atoms with Gasteiger partial charge in [-0.05, 0) is 54.3 Å². The lowest BCUT2D eigenvalue weighted by molar-refractivity contribution is -0.00899. The molecule has 2 atom stereocenters. The fraction of sp³-hybridized carbons (Fsp3) is 0.296. The number of allylic oxidation sites excluding steroid dienone is 4. The lowest BCUT2D eigenvalue weighted by atomic mass is 9.94. The van der Waals surface area contributed by atoms with Crippen molar-refractivity contribution in [2.24, 2.45) is 5.16 Å². The van der Waals surface area contributed by atoms with Crippen LogP contribution in [-0.2, 0) is 4.74 Å². The van der Waals surface area contributed by atoms with Gasteiger partial charge in [-0.2, -0.15) is 0 Å². The number of fused-ring (bicyclic) bond motifs is 2. The van der Waals surface area contributed by atoms with E-state index in [4.69, 9.17) is 14.9 Å². The van der Waals surface area contributed by atoms with Crippen molar-refractivity contribution in [1.29, 1.82) is 0 Å². The maximum atomic E-state index is 14.1. The van der Waals surface area contributed by atoms with E-state index < -0.39 is 0 Å². The summed E-state index contributed by atoms with van der Waals surface area (Å²) in [5.41, 5.74) is 6.17. The van der Waals surface area contributed by atoms with Crippen LogP contribution in [0.2, 0.25) is 0 Å². The zero-order valence-corrected chi connectivity index (χ0v) is 19.2. The molecule has 0 spiro atoms. The first kappa shape index (κ1) is 21.9. The number of benzene rings is 1. The van der Waals surface area contributed by atoms with Crippen molar-refractivity contribution in [2.75, 3.05) is 31.1 Å². The number of hydrogen-bond acceptors (Lipinski definition) is 7. The Balaban J connectivity index is 1.51. The van der Waals surface area contributed by atoms with Gasteiger partial charge in [0.1, 0.15) is 5.83 Å². The number of oxime groups is 1. The van der Waals surface area contributed by atoms with E-state index in [9.17, 15) is 4.39 Å². The van der Waals surface area contributed by atoms with Gasteiger partial charge >= 0.3 is 0 Å². The summed E-state index contributed by atoms with van der Waals surface area (Å²) in [4.78, 5) is 11.5. The third-order valence-corrected chi connectivity index (χ3v) is 7.06. The SMILES string of the molecule is O/N=C/c1ncccc1-c1ccc2ncc(C3=CC(F)=CC3)c(N3CC[C@H]4NCCO[C@@H]4C3)c2c1. The number of anilines is 1. The number of ether oxygens (including phenoxy) is 1. The maximum Gasteiger partial charge on any atom is 0.119 e. The van der Waals surface area contributed by atoms with E-state index in [1.54, 1.807) is 18.3 Å². The van der Waals surface area contributed by atoms with Crippen LogP contribution in [0.15, 0.2) is 65.9 Å². The minimum atomic E-state index is -0.207. The van der Waals surface area contributed by atoms with Gasteiger partial charge in [0.05, 0.1) is 35.8 Å². The molecular weight excluding hydrogens is 445 g/mol. The van der Waals surface area contributed by atoms with E-state index in [2.05, 4.69) is 26.4 Å². The fourth-order valence-electron chi connectivity index (χ4n) is 5.40. The molecule has 3 aromatic rings. The summed E-state index contributed by atoms with van der Waals surface area (Å²) in [5.74, 6) is -0.207. The van der Waals surface area contributed by atoms with Crippen molar-refractivity contribution in [2.45, 2.75) is 25.0 Å². The van der Waals surface area contributed by atoms with Crippen LogP contribution in [0.4, 0.5) is 10.1 Å². The summed E-state index contributed by atoms with van der Waals surface area (Å²) in [7, 11) is 0. The van der Waals surface area contributed by atoms with Gasteiger partial charge in [-0.1, -0.05) is 17.3 Å². The van der Waals surface area contributed by atoms with E-state index in [0.717, 1.165) is 64.9 Å². The molecule has 0 unspecified atom stereocenters. The highest BCUT2D eigenvalue weighted by Crippen LogP contribution is 2.40. The van der Waals surface area contributed by atoms with E-state index in [1.807, 2.05) is 30.5 Å². The quantitative estimate of drug-likeness (QED) is 0.335. The fourth-order valence-corrected chi connectivity index (χ4v) is 5.40. The number of nitrogens with one attached hydrogen (secondary N) is 1. The molecule has 35 heavy (non-hydrogen) atoms. The molecule has 2 saturated heterocycles. The molecule has 6 rings (SSSR count). The molecule has 178 valence electrons. The highest BCUT2D eigenvalue weighted by atomic mass is 19.1. The Kier molecular flexibility index (Phi) is 5.75. The van der Waals surface area contributed by atoms with Crippen LogP contribution in [0.3, 0.4) is 0 Å². The zero-order chi connectivity index (χ0) is 23.8. The third-order valence-electron chi connectivity index (χ3n) is 7.06. The number of morpholine rings is 1. The van der Waals surface area contributed by atoms with Gasteiger partial charge in [0.2, 0.25) is 0 Å². The van der Waals surface area contributed by atoms with Crippen LogP contribution in [0, 0.1) is 0 Å². The Morgan fingerprint density at radius 1 is 1.23 bits per heavy atom. The van der Waals surface area contributed by atoms with Crippen LogP contribution in [-0.4, -0.2) is 59.8 Å². The van der Waals surface area contributed by atoms with Crippen molar-refractivity contribution in [1.82, 2.24) is 15.3 Å². The largest absolute Gasteiger partial charge is 0.411 e. The topological polar surface area (TPSA) is 82.9 Å². The lowest BCUT2D eigenvalue weighted by Gasteiger charge is -2.43. The van der Waals surface area contributed by atoms with E-state index in [0.29, 0.717) is 24.8 Å². The lowest BCUT2D eigenvalue weighted by Crippen LogP contribution is -2.57. The molecule has 2 N–H and O–H groups in total. The molecule has 1 aliphatic carbocycles. The molecule has 0 radical (unpaired) electrons. The molecule has 0 bridgehead atoms. The van der Waals surface area contributed by atoms with Crippen molar-refractivity contribution in [3.63, 3.8) is 0 Å². The number of piperidine rings is 1. The first-order valence-electron chi connectivity index (χ1n) is 11.9. The molecule has 0 amide bonds. The maximum absolute atomic E-state index is 14.1. The second-order valence-corrected chi connectivity index (χ2v) is 9.10. The number of aromatic nitrogens is 2. The first-order chi connectivity index (χ1) is 17.2. The molecule has 7 nitrogen and oxygen atoms in total. The number of hydrogen-bond donors (Lipinski definition) is 2. The highest BCUT2D eigenvalue weighted by molar-refractivity contribution is 6.01. The van der Waals surface area contributed by atoms with Crippen molar-refractivity contribution >= 4 is 28.4 Å². The Bertz CT molecular complexity index is 1370. The van der Waals surface area contributed by atoms with E-state index in [1.165, 1.54) is 6.21 Å². The van der Waals surface area contributed by atoms with E-state index >= 15 is 0 Å². The van der Waals surface area contributed by atoms with Gasteiger partial charge in [0.25, 0.3) is 0 Å². The smallest absolute Gasteiger partial charge is 0.119 e. The normalized spacial score (nSPS) is 22.4. The zero-order valence-electron chi connectivity index (χ0n) is 19.2. The van der Waals surface area contributed by atoms with Crippen molar-refractivity contribution in [3.8, 4) is 11.1 Å². The van der Waals surface area contributed by atoms with Crippen LogP contribution >= 0.6 is 0 Å². The predicted molar refractivity (Wildman–Crippen MR) is 135 cm³/mol. The van der Waals surface area contributed by atoms with Gasteiger partial charge in [-0.25, -0.2) is 4.39 Å². The molecule has 2 fully saturated rings. The average molecular weight is 472 g/mol. The Hall–Kier alpha value is -3.62. The summed E-state index contributed by atoms with van der Waals surface area (Å²) >= 11 is 0. The molecule has 3 aliphatic rings. The van der Waals surface area contributed by atoms with Gasteiger partial charge in [0.15, 0.2) is 0 Å². The number of rotatable bonds is 4. The molecular formula is C27H26FN5O2. The Morgan fingerprint density at radius 3 is 3.03 bits per heavy atom. The second-order valence-electron chi connectivity index (χ2n) is 9.10.